The van der Waals surface area contributed by atoms with Gasteiger partial charge in [-0.05, 0) is 143 Å². The van der Waals surface area contributed by atoms with Gasteiger partial charge < -0.3 is 58.7 Å². The molecule has 0 aliphatic heterocycles. The van der Waals surface area contributed by atoms with E-state index in [2.05, 4.69) is 51.5 Å². The number of hydrogen-bond donors (Lipinski definition) is 11. The molecule has 0 spiro atoms. The Bertz CT molecular complexity index is 2470. The molecule has 6 unspecified atom stereocenters. The summed E-state index contributed by atoms with van der Waals surface area (Å²) in [7, 11) is 0. The lowest BCUT2D eigenvalue weighted by molar-refractivity contribution is -0.141. The van der Waals surface area contributed by atoms with Crippen molar-refractivity contribution in [2.24, 2.45) is 35.1 Å². The zero-order valence-corrected chi connectivity index (χ0v) is 44.8. The molecule has 1 aliphatic carbocycles. The van der Waals surface area contributed by atoms with Gasteiger partial charge in [0, 0.05) is 44.3 Å². The quantitative estimate of drug-likeness (QED) is 0.0356. The minimum absolute atomic E-state index is 0.00745. The lowest BCUT2D eigenvalue weighted by atomic mass is 9.77. The molecule has 6 atom stereocenters. The lowest BCUT2D eigenvalue weighted by Crippen LogP contribution is -2.51. The molecule has 3 aromatic carbocycles. The highest BCUT2D eigenvalue weighted by Crippen LogP contribution is 2.31. The highest BCUT2D eigenvalue weighted by Gasteiger charge is 2.31. The van der Waals surface area contributed by atoms with Crippen LogP contribution in [0.3, 0.4) is 0 Å². The fourth-order valence-electron chi connectivity index (χ4n) is 9.58. The SMILES string of the molecule is [2H]NC(CCCCNC(=O)C(CCN)NC(=O)C(C)c1ccc(CC(C)C)cc1)C(=O)NCC1CCC(C(=O)CC(Cc2ccc3ccccc3c2)C(=O)NCCCCC(NC(=O)NC(CCC(=O)O)C(=O)O)C(=O)O)CC1. The van der Waals surface area contributed by atoms with Gasteiger partial charge in [-0.3, -0.25) is 28.8 Å². The summed E-state index contributed by atoms with van der Waals surface area (Å²) in [5, 5.41) is 45.8. The van der Waals surface area contributed by atoms with Crippen molar-refractivity contribution < 1.29 is 59.9 Å². The number of hydrogen-bond acceptors (Lipinski definition) is 11. The number of carboxylic acid groups (broad SMARTS) is 3. The first-order valence-electron chi connectivity index (χ1n) is 27.6. The molecule has 6 amide bonds. The molecule has 0 bridgehead atoms. The van der Waals surface area contributed by atoms with Crippen LogP contribution in [0.4, 0.5) is 4.79 Å². The maximum atomic E-state index is 13.9. The minimum Gasteiger partial charge on any atom is -0.481 e. The van der Waals surface area contributed by atoms with Gasteiger partial charge in [0.2, 0.25) is 23.6 Å². The van der Waals surface area contributed by atoms with Crippen LogP contribution >= 0.6 is 0 Å². The molecule has 20 heteroatoms. The third-order valence-corrected chi connectivity index (χ3v) is 14.2. The molecule has 13 N–H and O–H groups in total. The number of carbonyl (C=O) groups excluding carboxylic acids is 6. The molecule has 20 nitrogen and oxygen atoms in total. The average Bonchev–Trinajstić information content (AvgIpc) is 3.41. The molecule has 77 heavy (non-hydrogen) atoms. The number of ketones is 1. The Morgan fingerprint density at radius 3 is 1.84 bits per heavy atom. The molecule has 422 valence electrons. The van der Waals surface area contributed by atoms with Crippen LogP contribution in [0.1, 0.15) is 133 Å². The van der Waals surface area contributed by atoms with E-state index in [0.29, 0.717) is 76.8 Å². The Hall–Kier alpha value is -6.93. The van der Waals surface area contributed by atoms with Gasteiger partial charge in [-0.25, -0.2) is 14.4 Å². The molecule has 3 aromatic rings. The summed E-state index contributed by atoms with van der Waals surface area (Å²) >= 11 is 0. The van der Waals surface area contributed by atoms with Crippen LogP contribution in [-0.4, -0.2) is 119 Å². The number of carbonyl (C=O) groups is 9. The Labute approximate surface area is 452 Å². The highest BCUT2D eigenvalue weighted by atomic mass is 16.4. The van der Waals surface area contributed by atoms with Gasteiger partial charge in [-0.15, -0.1) is 0 Å². The largest absolute Gasteiger partial charge is 0.481 e. The summed E-state index contributed by atoms with van der Waals surface area (Å²) in [5.74, 6) is -6.14. The number of nitrogens with two attached hydrogens (primary N) is 2. The topological polar surface area (TPSA) is 339 Å². The van der Waals surface area contributed by atoms with Gasteiger partial charge >= 0.3 is 23.9 Å². The van der Waals surface area contributed by atoms with Crippen molar-refractivity contribution >= 4 is 64.1 Å². The fraction of sp³-hybridized carbons (Fsp3) is 0.561. The highest BCUT2D eigenvalue weighted by molar-refractivity contribution is 5.91. The fourth-order valence-corrected chi connectivity index (χ4v) is 9.58. The van der Waals surface area contributed by atoms with E-state index < -0.39 is 72.8 Å². The number of benzene rings is 3. The molecule has 1 aliphatic rings. The standard InChI is InChI=1S/C57H82N8O12/c1-35(2)30-37-14-19-40(20-15-37)36(3)51(69)63-46(26-27-58)54(72)61-29-8-6-12-45(59)53(71)62-34-38-16-22-42(23-17-38)49(66)33-44(32-39-18-21-41-10-4-5-11-43(41)31-39)52(70)60-28-9-7-13-47(55(73)74)64-57(77)65-48(56(75)76)24-25-50(67)68/h4-5,10-11,14-15,18-21,31,35-36,38,42,44-48H,6-9,12-13,16-17,22-30,32-34,58-59H2,1-3H3,(H,60,70)(H,61,72)(H,62,71)(H,63,69)(H,67,68)(H,73,74)(H,75,76)(H2,64,65,77)/i/hD. The summed E-state index contributed by atoms with van der Waals surface area (Å²) < 4.78 is 7.82. The van der Waals surface area contributed by atoms with E-state index in [0.717, 1.165) is 28.3 Å². The van der Waals surface area contributed by atoms with Crippen LogP contribution in [-0.2, 0) is 51.2 Å². The maximum absolute atomic E-state index is 13.9. The Morgan fingerprint density at radius 1 is 0.623 bits per heavy atom. The van der Waals surface area contributed by atoms with Crippen molar-refractivity contribution in [2.75, 3.05) is 26.2 Å². The second-order valence-electron chi connectivity index (χ2n) is 20.9. The number of nitrogens with one attached hydrogen (secondary N) is 6. The van der Waals surface area contributed by atoms with Crippen molar-refractivity contribution in [3.05, 3.63) is 83.4 Å². The van der Waals surface area contributed by atoms with E-state index in [1.165, 1.54) is 5.56 Å². The lowest BCUT2D eigenvalue weighted by Gasteiger charge is -2.29. The monoisotopic (exact) mass is 1070 g/mol. The van der Waals surface area contributed by atoms with E-state index in [-0.39, 0.29) is 80.0 Å². The van der Waals surface area contributed by atoms with Crippen molar-refractivity contribution in [2.45, 2.75) is 154 Å². The molecule has 0 heterocycles. The molecule has 1 fully saturated rings. The van der Waals surface area contributed by atoms with E-state index in [4.69, 9.17) is 12.3 Å². The van der Waals surface area contributed by atoms with Crippen LogP contribution < -0.4 is 43.4 Å². The van der Waals surface area contributed by atoms with Crippen molar-refractivity contribution in [3.63, 3.8) is 0 Å². The van der Waals surface area contributed by atoms with Crippen molar-refractivity contribution in [1.82, 2.24) is 31.9 Å². The maximum Gasteiger partial charge on any atom is 0.326 e. The van der Waals surface area contributed by atoms with Crippen LogP contribution in [0.2, 0.25) is 1.41 Å². The Morgan fingerprint density at radius 2 is 1.23 bits per heavy atom. The first-order chi connectivity index (χ1) is 37.3. The van der Waals surface area contributed by atoms with Crippen LogP contribution in [0.15, 0.2) is 66.7 Å². The van der Waals surface area contributed by atoms with Gasteiger partial charge in [0.1, 0.15) is 25.3 Å². The second-order valence-corrected chi connectivity index (χ2v) is 20.9. The van der Waals surface area contributed by atoms with E-state index >= 15 is 0 Å². The third-order valence-electron chi connectivity index (χ3n) is 14.2. The number of Topliss-reactive ketones (excluding diaryl/α,β-unsaturated/α-hetero) is 1. The number of urea groups is 1. The summed E-state index contributed by atoms with van der Waals surface area (Å²) in [5.41, 5.74) is 11.1. The molecule has 0 radical (unpaired) electrons. The number of rotatable bonds is 35. The normalized spacial score (nSPS) is 16.8. The summed E-state index contributed by atoms with van der Waals surface area (Å²) in [6.07, 6.45) is 5.16. The molecule has 0 aromatic heterocycles. The molecular formula is C57H82N8O12. The predicted octanol–water partition coefficient (Wildman–Crippen LogP) is 4.69. The predicted molar refractivity (Wildman–Crippen MR) is 291 cm³/mol. The average molecular weight is 1070 g/mol. The number of aliphatic carboxylic acids is 3. The molecule has 1 saturated carbocycles. The van der Waals surface area contributed by atoms with Gasteiger partial charge in [0.25, 0.3) is 0 Å². The van der Waals surface area contributed by atoms with E-state index in [1.807, 2.05) is 66.7 Å². The van der Waals surface area contributed by atoms with Gasteiger partial charge in [0.15, 0.2) is 0 Å². The zero-order valence-electron chi connectivity index (χ0n) is 45.8. The number of carboxylic acids is 3. The summed E-state index contributed by atoms with van der Waals surface area (Å²) in [4.78, 5) is 114. The van der Waals surface area contributed by atoms with E-state index in [9.17, 15) is 53.4 Å². The van der Waals surface area contributed by atoms with Crippen LogP contribution in [0, 0.1) is 23.7 Å². The van der Waals surface area contributed by atoms with Crippen molar-refractivity contribution in [3.8, 4) is 0 Å². The summed E-state index contributed by atoms with van der Waals surface area (Å²) in [6, 6.07) is 16.1. The second kappa shape index (κ2) is 32.6. The van der Waals surface area contributed by atoms with Gasteiger partial charge in [0.05, 0.1) is 12.0 Å². The summed E-state index contributed by atoms with van der Waals surface area (Å²) in [6.45, 7) is 7.17. The first-order valence-corrected chi connectivity index (χ1v) is 27.1. The third kappa shape index (κ3) is 22.3. The Kier molecular flexibility index (Phi) is 25.8. The number of unbranched alkanes of at least 4 members (excludes halogenated alkanes) is 2. The van der Waals surface area contributed by atoms with Gasteiger partial charge in [-0.1, -0.05) is 80.6 Å². The zero-order chi connectivity index (χ0) is 57.1. The first kappa shape index (κ1) is 60.9. The number of fused-ring (bicyclic) bond motifs is 1. The Balaban J connectivity index is 1.20. The molecule has 4 rings (SSSR count). The van der Waals surface area contributed by atoms with Crippen LogP contribution in [0.5, 0.6) is 0 Å². The smallest absolute Gasteiger partial charge is 0.326 e. The molecular weight excluding hydrogens is 989 g/mol. The molecule has 0 saturated heterocycles. The minimum atomic E-state index is -1.54. The van der Waals surface area contributed by atoms with Crippen molar-refractivity contribution in [1.29, 1.82) is 0 Å². The van der Waals surface area contributed by atoms with Gasteiger partial charge in [-0.2, -0.15) is 0 Å². The van der Waals surface area contributed by atoms with Crippen LogP contribution in [0.25, 0.3) is 10.8 Å². The van der Waals surface area contributed by atoms with E-state index in [1.54, 1.807) is 6.92 Å². The number of amides is 6.